The standard InChI is InChI=1S/C13H17ClN4OS/c1-3-18-12(19)16-17-13(18)20-10-5-4-9(6-8(2)15)11(14)7-10/h4-5,7-8H,3,6,15H2,1-2H3,(H,16,19). The number of nitrogens with two attached hydrogens (primary N) is 1. The normalized spacial score (nSPS) is 12.6. The monoisotopic (exact) mass is 312 g/mol. The van der Waals surface area contributed by atoms with E-state index in [2.05, 4.69) is 10.2 Å². The Bertz CT molecular complexity index is 650. The fourth-order valence-electron chi connectivity index (χ4n) is 1.87. The second-order valence-corrected chi connectivity index (χ2v) is 6.04. The van der Waals surface area contributed by atoms with E-state index < -0.39 is 0 Å². The van der Waals surface area contributed by atoms with E-state index in [9.17, 15) is 4.79 Å². The van der Waals surface area contributed by atoms with Gasteiger partial charge >= 0.3 is 5.69 Å². The minimum Gasteiger partial charge on any atom is -0.328 e. The Labute approximate surface area is 126 Å². The van der Waals surface area contributed by atoms with E-state index >= 15 is 0 Å². The number of halogens is 1. The summed E-state index contributed by atoms with van der Waals surface area (Å²) in [4.78, 5) is 12.4. The fourth-order valence-corrected chi connectivity index (χ4v) is 3.13. The zero-order valence-electron chi connectivity index (χ0n) is 11.4. The van der Waals surface area contributed by atoms with Crippen molar-refractivity contribution in [3.63, 3.8) is 0 Å². The van der Waals surface area contributed by atoms with Gasteiger partial charge in [-0.1, -0.05) is 17.7 Å². The predicted molar refractivity (Wildman–Crippen MR) is 81.5 cm³/mol. The lowest BCUT2D eigenvalue weighted by atomic mass is 10.1. The molecule has 0 saturated carbocycles. The first kappa shape index (κ1) is 15.2. The molecule has 108 valence electrons. The molecule has 1 unspecified atom stereocenters. The molecule has 0 bridgehead atoms. The average Bonchev–Trinajstić information content (AvgIpc) is 2.73. The number of nitrogens with zero attached hydrogens (tertiary/aromatic N) is 2. The predicted octanol–water partition coefficient (Wildman–Crippen LogP) is 2.29. The number of rotatable bonds is 5. The van der Waals surface area contributed by atoms with Crippen molar-refractivity contribution < 1.29 is 0 Å². The van der Waals surface area contributed by atoms with Crippen molar-refractivity contribution in [3.05, 3.63) is 39.3 Å². The highest BCUT2D eigenvalue weighted by atomic mass is 35.5. The van der Waals surface area contributed by atoms with Crippen molar-refractivity contribution in [2.45, 2.75) is 42.9 Å². The van der Waals surface area contributed by atoms with Crippen molar-refractivity contribution >= 4 is 23.4 Å². The summed E-state index contributed by atoms with van der Waals surface area (Å²) in [5.74, 6) is 0. The van der Waals surface area contributed by atoms with Gasteiger partial charge in [0.2, 0.25) is 0 Å². The molecule has 0 amide bonds. The number of H-pyrrole nitrogens is 1. The molecule has 0 aliphatic rings. The third-order valence-electron chi connectivity index (χ3n) is 2.82. The molecule has 0 radical (unpaired) electrons. The maximum atomic E-state index is 11.5. The van der Waals surface area contributed by atoms with Crippen LogP contribution in [0, 0.1) is 0 Å². The molecule has 1 aromatic heterocycles. The van der Waals surface area contributed by atoms with E-state index in [1.807, 2.05) is 32.0 Å². The van der Waals surface area contributed by atoms with Gasteiger partial charge in [-0.05, 0) is 49.7 Å². The van der Waals surface area contributed by atoms with Crippen LogP contribution in [0.25, 0.3) is 0 Å². The van der Waals surface area contributed by atoms with Gasteiger partial charge in [-0.3, -0.25) is 4.57 Å². The quantitative estimate of drug-likeness (QED) is 0.888. The van der Waals surface area contributed by atoms with E-state index in [1.54, 1.807) is 4.57 Å². The van der Waals surface area contributed by atoms with Crippen molar-refractivity contribution in [1.29, 1.82) is 0 Å². The second-order valence-electron chi connectivity index (χ2n) is 4.59. The summed E-state index contributed by atoms with van der Waals surface area (Å²) < 4.78 is 1.58. The van der Waals surface area contributed by atoms with Gasteiger partial charge in [-0.15, -0.1) is 5.10 Å². The molecule has 7 heteroatoms. The van der Waals surface area contributed by atoms with Crippen LogP contribution in [0.15, 0.2) is 33.0 Å². The van der Waals surface area contributed by atoms with E-state index in [0.29, 0.717) is 16.7 Å². The van der Waals surface area contributed by atoms with E-state index in [1.165, 1.54) is 11.8 Å². The second kappa shape index (κ2) is 6.47. The molecule has 5 nitrogen and oxygen atoms in total. The summed E-state index contributed by atoms with van der Waals surface area (Å²) in [6, 6.07) is 5.88. The first-order valence-electron chi connectivity index (χ1n) is 6.38. The zero-order chi connectivity index (χ0) is 14.7. The topological polar surface area (TPSA) is 76.7 Å². The van der Waals surface area contributed by atoms with Crippen molar-refractivity contribution in [3.8, 4) is 0 Å². The fraction of sp³-hybridized carbons (Fsp3) is 0.385. The molecule has 2 aromatic rings. The summed E-state index contributed by atoms with van der Waals surface area (Å²) in [6.07, 6.45) is 0.742. The van der Waals surface area contributed by atoms with E-state index in [-0.39, 0.29) is 11.7 Å². The smallest absolute Gasteiger partial charge is 0.328 e. The van der Waals surface area contributed by atoms with Crippen LogP contribution in [-0.2, 0) is 13.0 Å². The van der Waals surface area contributed by atoms with Gasteiger partial charge in [-0.2, -0.15) is 0 Å². The molecule has 0 saturated heterocycles. The number of nitrogens with one attached hydrogen (secondary N) is 1. The SMILES string of the molecule is CCn1c(Sc2ccc(CC(C)N)c(Cl)c2)n[nH]c1=O. The molecule has 1 heterocycles. The Morgan fingerprint density at radius 3 is 2.90 bits per heavy atom. The van der Waals surface area contributed by atoms with Gasteiger partial charge in [0.05, 0.1) is 0 Å². The third-order valence-corrected chi connectivity index (χ3v) is 4.15. The largest absolute Gasteiger partial charge is 0.343 e. The number of benzene rings is 1. The van der Waals surface area contributed by atoms with Crippen LogP contribution in [0.5, 0.6) is 0 Å². The molecule has 20 heavy (non-hydrogen) atoms. The van der Waals surface area contributed by atoms with Gasteiger partial charge in [0.1, 0.15) is 0 Å². The maximum absolute atomic E-state index is 11.5. The van der Waals surface area contributed by atoms with Crippen LogP contribution in [0.3, 0.4) is 0 Å². The lowest BCUT2D eigenvalue weighted by Gasteiger charge is -2.09. The summed E-state index contributed by atoms with van der Waals surface area (Å²) in [6.45, 7) is 4.43. The van der Waals surface area contributed by atoms with Gasteiger partial charge in [0.15, 0.2) is 5.16 Å². The van der Waals surface area contributed by atoms with Crippen molar-refractivity contribution in [2.75, 3.05) is 0 Å². The first-order valence-corrected chi connectivity index (χ1v) is 7.57. The van der Waals surface area contributed by atoms with Crippen LogP contribution in [0.2, 0.25) is 5.02 Å². The van der Waals surface area contributed by atoms with Crippen LogP contribution in [0.4, 0.5) is 0 Å². The molecule has 1 aromatic carbocycles. The minimum atomic E-state index is -0.199. The molecule has 2 rings (SSSR count). The van der Waals surface area contributed by atoms with Crippen LogP contribution >= 0.6 is 23.4 Å². The van der Waals surface area contributed by atoms with Gasteiger partial charge in [-0.25, -0.2) is 9.89 Å². The third kappa shape index (κ3) is 3.45. The Morgan fingerprint density at radius 1 is 1.55 bits per heavy atom. The van der Waals surface area contributed by atoms with Gasteiger partial charge in [0.25, 0.3) is 0 Å². The summed E-state index contributed by atoms with van der Waals surface area (Å²) in [7, 11) is 0. The Balaban J connectivity index is 2.22. The van der Waals surface area contributed by atoms with Gasteiger partial charge in [0, 0.05) is 22.5 Å². The molecule has 0 fully saturated rings. The van der Waals surface area contributed by atoms with Crippen molar-refractivity contribution in [1.82, 2.24) is 14.8 Å². The molecule has 0 aliphatic heterocycles. The van der Waals surface area contributed by atoms with Crippen LogP contribution in [-0.4, -0.2) is 20.8 Å². The molecule has 1 atom stereocenters. The number of hydrogen-bond acceptors (Lipinski definition) is 4. The molecule has 3 N–H and O–H groups in total. The van der Waals surface area contributed by atoms with Crippen molar-refractivity contribution in [2.24, 2.45) is 5.73 Å². The highest BCUT2D eigenvalue weighted by Crippen LogP contribution is 2.29. The Kier molecular flexibility index (Phi) is 4.91. The highest BCUT2D eigenvalue weighted by molar-refractivity contribution is 7.99. The number of aromatic nitrogens is 3. The van der Waals surface area contributed by atoms with Gasteiger partial charge < -0.3 is 5.73 Å². The molecule has 0 aliphatic carbocycles. The Hall–Kier alpha value is -1.24. The number of hydrogen-bond donors (Lipinski definition) is 2. The molecular weight excluding hydrogens is 296 g/mol. The molecule has 0 spiro atoms. The van der Waals surface area contributed by atoms with Crippen LogP contribution in [0.1, 0.15) is 19.4 Å². The highest BCUT2D eigenvalue weighted by Gasteiger charge is 2.10. The average molecular weight is 313 g/mol. The first-order chi connectivity index (χ1) is 9.51. The maximum Gasteiger partial charge on any atom is 0.343 e. The van der Waals surface area contributed by atoms with E-state index in [0.717, 1.165) is 16.9 Å². The van der Waals surface area contributed by atoms with E-state index in [4.69, 9.17) is 17.3 Å². The minimum absolute atomic E-state index is 0.0719. The summed E-state index contributed by atoms with van der Waals surface area (Å²) in [5.41, 5.74) is 6.61. The summed E-state index contributed by atoms with van der Waals surface area (Å²) >= 11 is 7.66. The Morgan fingerprint density at radius 2 is 2.30 bits per heavy atom. The lowest BCUT2D eigenvalue weighted by molar-refractivity contribution is 0.660. The zero-order valence-corrected chi connectivity index (χ0v) is 13.0. The van der Waals surface area contributed by atoms with Crippen LogP contribution < -0.4 is 11.4 Å². The lowest BCUT2D eigenvalue weighted by Crippen LogP contribution is -2.17. The molecular formula is C13H17ClN4OS. The summed E-state index contributed by atoms with van der Waals surface area (Å²) in [5, 5.41) is 7.78. The number of aromatic amines is 1.